The number of nitrogens with one attached hydrogen (secondary N) is 2. The predicted molar refractivity (Wildman–Crippen MR) is 107 cm³/mol. The van der Waals surface area contributed by atoms with E-state index in [-0.39, 0.29) is 11.9 Å². The maximum Gasteiger partial charge on any atom is 0.275 e. The van der Waals surface area contributed by atoms with Crippen LogP contribution in [0.3, 0.4) is 0 Å². The minimum absolute atomic E-state index is 0.180. The van der Waals surface area contributed by atoms with Gasteiger partial charge in [-0.3, -0.25) is 4.79 Å². The first-order valence-electron chi connectivity index (χ1n) is 10.1. The van der Waals surface area contributed by atoms with Gasteiger partial charge in [-0.2, -0.15) is 0 Å². The van der Waals surface area contributed by atoms with Crippen LogP contribution in [0.25, 0.3) is 0 Å². The largest absolute Gasteiger partial charge is 0.492 e. The lowest BCUT2D eigenvalue weighted by atomic mass is 10.0. The summed E-state index contributed by atoms with van der Waals surface area (Å²) >= 11 is 0. The van der Waals surface area contributed by atoms with Crippen LogP contribution in [-0.2, 0) is 4.79 Å². The zero-order valence-electron chi connectivity index (χ0n) is 16.9. The lowest BCUT2D eigenvalue weighted by Gasteiger charge is -2.34. The summed E-state index contributed by atoms with van der Waals surface area (Å²) in [6.45, 7) is 13.7. The fourth-order valence-electron chi connectivity index (χ4n) is 3.45. The molecular formula is C21H36N3O2+. The molecule has 1 aliphatic heterocycles. The molecule has 1 saturated heterocycles. The van der Waals surface area contributed by atoms with Crippen LogP contribution in [0.2, 0.25) is 0 Å². The quantitative estimate of drug-likeness (QED) is 0.703. The maximum absolute atomic E-state index is 12.3. The van der Waals surface area contributed by atoms with Crippen LogP contribution in [0.4, 0.5) is 5.69 Å². The van der Waals surface area contributed by atoms with E-state index in [4.69, 9.17) is 4.74 Å². The van der Waals surface area contributed by atoms with E-state index < -0.39 is 0 Å². The van der Waals surface area contributed by atoms with Gasteiger partial charge in [-0.25, -0.2) is 0 Å². The van der Waals surface area contributed by atoms with Gasteiger partial charge in [0, 0.05) is 6.04 Å². The molecule has 146 valence electrons. The van der Waals surface area contributed by atoms with Crippen molar-refractivity contribution in [2.75, 3.05) is 44.2 Å². The second kappa shape index (κ2) is 10.4. The normalized spacial score (nSPS) is 16.6. The standard InChI is InChI=1S/C21H35N3O2/c1-5-26-20-9-7-6-8-19(20)24-14-12-23(13-15-24)16-21(25)22-18(4)11-10-17(2)3/h6-9,17-18H,5,10-16H2,1-4H3,(H,22,25)/p+1/t18-/m1/s1. The Hall–Kier alpha value is -1.75. The zero-order chi connectivity index (χ0) is 18.9. The topological polar surface area (TPSA) is 46.0 Å². The smallest absolute Gasteiger partial charge is 0.275 e. The number of carbonyl (C=O) groups is 1. The number of hydrogen-bond acceptors (Lipinski definition) is 3. The number of ether oxygens (including phenoxy) is 1. The molecule has 5 nitrogen and oxygen atoms in total. The molecule has 0 spiro atoms. The Morgan fingerprint density at radius 3 is 2.54 bits per heavy atom. The number of benzene rings is 1. The molecule has 2 rings (SSSR count). The van der Waals surface area contributed by atoms with E-state index in [0.717, 1.165) is 44.8 Å². The molecule has 1 atom stereocenters. The molecule has 0 bridgehead atoms. The highest BCUT2D eigenvalue weighted by atomic mass is 16.5. The first-order chi connectivity index (χ1) is 12.5. The lowest BCUT2D eigenvalue weighted by Crippen LogP contribution is -3.16. The Labute approximate surface area is 158 Å². The summed E-state index contributed by atoms with van der Waals surface area (Å²) in [6.07, 6.45) is 2.22. The molecule has 5 heteroatoms. The molecule has 1 aromatic rings. The molecular weight excluding hydrogens is 326 g/mol. The van der Waals surface area contributed by atoms with Gasteiger partial charge in [-0.05, 0) is 44.7 Å². The number of rotatable bonds is 9. The number of quaternary nitrogens is 1. The van der Waals surface area contributed by atoms with Gasteiger partial charge in [-0.1, -0.05) is 26.0 Å². The van der Waals surface area contributed by atoms with Gasteiger partial charge < -0.3 is 19.9 Å². The third-order valence-electron chi connectivity index (χ3n) is 4.97. The average Bonchev–Trinajstić information content (AvgIpc) is 2.61. The predicted octanol–water partition coefficient (Wildman–Crippen LogP) is 1.73. The molecule has 1 aromatic carbocycles. The van der Waals surface area contributed by atoms with Crippen molar-refractivity contribution in [3.8, 4) is 5.75 Å². The molecule has 0 aliphatic carbocycles. The lowest BCUT2D eigenvalue weighted by molar-refractivity contribution is -0.892. The van der Waals surface area contributed by atoms with Crippen LogP contribution in [0.5, 0.6) is 5.75 Å². The first-order valence-corrected chi connectivity index (χ1v) is 10.1. The number of anilines is 1. The molecule has 1 heterocycles. The monoisotopic (exact) mass is 362 g/mol. The zero-order valence-corrected chi connectivity index (χ0v) is 16.9. The van der Waals surface area contributed by atoms with Crippen LogP contribution in [0, 0.1) is 5.92 Å². The van der Waals surface area contributed by atoms with Gasteiger partial charge in [0.15, 0.2) is 6.54 Å². The molecule has 1 aliphatic rings. The van der Waals surface area contributed by atoms with E-state index in [9.17, 15) is 4.79 Å². The highest BCUT2D eigenvalue weighted by molar-refractivity contribution is 5.77. The van der Waals surface area contributed by atoms with E-state index in [0.29, 0.717) is 19.1 Å². The summed E-state index contributed by atoms with van der Waals surface area (Å²) in [7, 11) is 0. The molecule has 0 saturated carbocycles. The minimum Gasteiger partial charge on any atom is -0.492 e. The van der Waals surface area contributed by atoms with Crippen molar-refractivity contribution in [3.63, 3.8) is 0 Å². The summed E-state index contributed by atoms with van der Waals surface area (Å²) in [5.74, 6) is 1.82. The Morgan fingerprint density at radius 1 is 1.19 bits per heavy atom. The Kier molecular flexibility index (Phi) is 8.23. The summed E-state index contributed by atoms with van der Waals surface area (Å²) in [6, 6.07) is 8.50. The summed E-state index contributed by atoms with van der Waals surface area (Å²) in [5.41, 5.74) is 1.17. The SMILES string of the molecule is CCOc1ccccc1N1CC[NH+](CC(=O)N[C@H](C)CCC(C)C)CC1. The van der Waals surface area contributed by atoms with Crippen LogP contribution >= 0.6 is 0 Å². The minimum atomic E-state index is 0.180. The third-order valence-corrected chi connectivity index (χ3v) is 4.97. The van der Waals surface area contributed by atoms with Gasteiger partial charge in [0.05, 0.1) is 38.5 Å². The molecule has 1 fully saturated rings. The molecule has 2 N–H and O–H groups in total. The molecule has 0 radical (unpaired) electrons. The van der Waals surface area contributed by atoms with Crippen molar-refractivity contribution in [2.45, 2.75) is 46.6 Å². The van der Waals surface area contributed by atoms with Crippen molar-refractivity contribution >= 4 is 11.6 Å². The first kappa shape index (κ1) is 20.6. The Balaban J connectivity index is 1.77. The molecule has 1 amide bonds. The van der Waals surface area contributed by atoms with Crippen molar-refractivity contribution in [1.82, 2.24) is 5.32 Å². The van der Waals surface area contributed by atoms with Crippen LogP contribution in [0.15, 0.2) is 24.3 Å². The average molecular weight is 363 g/mol. The number of nitrogens with zero attached hydrogens (tertiary/aromatic N) is 1. The highest BCUT2D eigenvalue weighted by Crippen LogP contribution is 2.27. The number of para-hydroxylation sites is 2. The van der Waals surface area contributed by atoms with E-state index in [1.807, 2.05) is 19.1 Å². The van der Waals surface area contributed by atoms with Gasteiger partial charge in [0.25, 0.3) is 5.91 Å². The summed E-state index contributed by atoms with van der Waals surface area (Å²) in [5, 5.41) is 3.16. The van der Waals surface area contributed by atoms with Gasteiger partial charge in [0.2, 0.25) is 0 Å². The van der Waals surface area contributed by atoms with Crippen molar-refractivity contribution in [2.24, 2.45) is 5.92 Å². The van der Waals surface area contributed by atoms with E-state index in [1.54, 1.807) is 0 Å². The third kappa shape index (κ3) is 6.52. The van der Waals surface area contributed by atoms with Crippen molar-refractivity contribution in [3.05, 3.63) is 24.3 Å². The van der Waals surface area contributed by atoms with E-state index in [2.05, 4.69) is 43.1 Å². The van der Waals surface area contributed by atoms with E-state index >= 15 is 0 Å². The highest BCUT2D eigenvalue weighted by Gasteiger charge is 2.24. The Bertz CT molecular complexity index is 554. The molecule has 26 heavy (non-hydrogen) atoms. The summed E-state index contributed by atoms with van der Waals surface area (Å²) < 4.78 is 5.75. The van der Waals surface area contributed by atoms with E-state index in [1.165, 1.54) is 10.6 Å². The van der Waals surface area contributed by atoms with Gasteiger partial charge in [0.1, 0.15) is 5.75 Å². The van der Waals surface area contributed by atoms with Crippen LogP contribution in [0.1, 0.15) is 40.5 Å². The number of hydrogen-bond donors (Lipinski definition) is 2. The fraction of sp³-hybridized carbons (Fsp3) is 0.667. The fourth-order valence-corrected chi connectivity index (χ4v) is 3.45. The Morgan fingerprint density at radius 2 is 1.88 bits per heavy atom. The second-order valence-electron chi connectivity index (χ2n) is 7.75. The number of amides is 1. The summed E-state index contributed by atoms with van der Waals surface area (Å²) in [4.78, 5) is 16.0. The van der Waals surface area contributed by atoms with Gasteiger partial charge in [-0.15, -0.1) is 0 Å². The molecule has 0 aromatic heterocycles. The molecule has 0 unspecified atom stereocenters. The van der Waals surface area contributed by atoms with Crippen molar-refractivity contribution < 1.29 is 14.4 Å². The second-order valence-corrected chi connectivity index (χ2v) is 7.75. The van der Waals surface area contributed by atoms with Crippen LogP contribution < -0.4 is 19.9 Å². The maximum atomic E-state index is 12.3. The van der Waals surface area contributed by atoms with Crippen molar-refractivity contribution in [1.29, 1.82) is 0 Å². The van der Waals surface area contributed by atoms with Crippen LogP contribution in [-0.4, -0.2) is 51.3 Å². The number of piperazine rings is 1. The van der Waals surface area contributed by atoms with Gasteiger partial charge >= 0.3 is 0 Å². The number of carbonyl (C=O) groups excluding carboxylic acids is 1.